The lowest BCUT2D eigenvalue weighted by molar-refractivity contribution is 0.430. The Morgan fingerprint density at radius 2 is 1.92 bits per heavy atom. The van der Waals surface area contributed by atoms with Crippen molar-refractivity contribution in [3.05, 3.63) is 77.9 Å². The summed E-state index contributed by atoms with van der Waals surface area (Å²) in [5.74, 6) is -0.184. The van der Waals surface area contributed by atoms with Gasteiger partial charge in [-0.3, -0.25) is 9.78 Å². The van der Waals surface area contributed by atoms with Crippen LogP contribution in [0.2, 0.25) is 0 Å². The van der Waals surface area contributed by atoms with Crippen molar-refractivity contribution in [1.29, 1.82) is 0 Å². The molecule has 2 aromatic heterocycles. The number of nitrogens with one attached hydrogen (secondary N) is 1. The molecule has 0 amide bonds. The second-order valence-electron chi connectivity index (χ2n) is 4.88. The van der Waals surface area contributed by atoms with Gasteiger partial charge >= 0.3 is 5.69 Å². The molecule has 0 bridgehead atoms. The highest BCUT2D eigenvalue weighted by molar-refractivity contribution is 9.11. The van der Waals surface area contributed by atoms with Gasteiger partial charge in [0.15, 0.2) is 5.82 Å². The van der Waals surface area contributed by atoms with E-state index in [-0.39, 0.29) is 5.56 Å². The number of pyridine rings is 1. The van der Waals surface area contributed by atoms with Gasteiger partial charge in [-0.15, -0.1) is 0 Å². The van der Waals surface area contributed by atoms with E-state index in [9.17, 15) is 14.7 Å². The van der Waals surface area contributed by atoms with E-state index in [0.717, 1.165) is 15.3 Å². The first-order chi connectivity index (χ1) is 12.0. The Morgan fingerprint density at radius 3 is 2.60 bits per heavy atom. The predicted molar refractivity (Wildman–Crippen MR) is 101 cm³/mol. The van der Waals surface area contributed by atoms with E-state index in [1.807, 2.05) is 0 Å². The van der Waals surface area contributed by atoms with E-state index in [1.165, 1.54) is 0 Å². The van der Waals surface area contributed by atoms with Crippen LogP contribution in [-0.2, 0) is 0 Å². The first kappa shape index (κ1) is 17.3. The number of para-hydroxylation sites is 1. The Kier molecular flexibility index (Phi) is 4.95. The van der Waals surface area contributed by atoms with Gasteiger partial charge in [-0.1, -0.05) is 18.2 Å². The fourth-order valence-electron chi connectivity index (χ4n) is 2.10. The van der Waals surface area contributed by atoms with Crippen molar-refractivity contribution in [1.82, 2.24) is 14.5 Å². The number of aromatic amines is 1. The molecule has 25 heavy (non-hydrogen) atoms. The van der Waals surface area contributed by atoms with Gasteiger partial charge in [-0.25, -0.2) is 19.3 Å². The van der Waals surface area contributed by atoms with Crippen LogP contribution in [0.5, 0.6) is 5.88 Å². The third-order valence-electron chi connectivity index (χ3n) is 3.24. The van der Waals surface area contributed by atoms with Crippen LogP contribution in [0.4, 0.5) is 5.82 Å². The summed E-state index contributed by atoms with van der Waals surface area (Å²) in [6, 6.07) is 10.2. The zero-order valence-corrected chi connectivity index (χ0v) is 15.7. The lowest BCUT2D eigenvalue weighted by atomic mass is 10.3. The van der Waals surface area contributed by atoms with Gasteiger partial charge in [0, 0.05) is 16.9 Å². The van der Waals surface area contributed by atoms with Crippen molar-refractivity contribution in [3.63, 3.8) is 0 Å². The Labute approximate surface area is 158 Å². The van der Waals surface area contributed by atoms with E-state index >= 15 is 0 Å². The predicted octanol–water partition coefficient (Wildman–Crippen LogP) is 2.90. The maximum Gasteiger partial charge on any atom is 0.335 e. The molecular formula is C16H10Br2N4O3. The number of nitrogens with zero attached hydrogens (tertiary/aromatic N) is 3. The summed E-state index contributed by atoms with van der Waals surface area (Å²) in [6.45, 7) is 0. The molecule has 0 aliphatic heterocycles. The number of rotatable bonds is 3. The highest BCUT2D eigenvalue weighted by Gasteiger charge is 2.14. The zero-order valence-electron chi connectivity index (χ0n) is 12.5. The molecule has 2 N–H and O–H groups in total. The molecule has 0 saturated carbocycles. The number of halogens is 2. The van der Waals surface area contributed by atoms with Crippen LogP contribution >= 0.6 is 31.9 Å². The van der Waals surface area contributed by atoms with Gasteiger partial charge in [0.05, 0.1) is 10.2 Å². The monoisotopic (exact) mass is 464 g/mol. The van der Waals surface area contributed by atoms with Gasteiger partial charge < -0.3 is 5.11 Å². The Hall–Kier alpha value is -2.52. The number of hydrogen-bond donors (Lipinski definition) is 2. The SMILES string of the molecule is O=c1[nH]c(=O)n(-c2ccccc2)c(O)c1C=Nc1ncc(Br)cc1Br. The van der Waals surface area contributed by atoms with Crippen molar-refractivity contribution in [2.24, 2.45) is 4.99 Å². The fraction of sp³-hybridized carbons (Fsp3) is 0. The fourth-order valence-corrected chi connectivity index (χ4v) is 3.19. The molecule has 126 valence electrons. The number of benzene rings is 1. The van der Waals surface area contributed by atoms with Crippen molar-refractivity contribution < 1.29 is 5.11 Å². The van der Waals surface area contributed by atoms with Crippen LogP contribution in [0.3, 0.4) is 0 Å². The molecule has 0 aliphatic rings. The minimum absolute atomic E-state index is 0.153. The molecular weight excluding hydrogens is 456 g/mol. The molecule has 0 unspecified atom stereocenters. The van der Waals surface area contributed by atoms with Gasteiger partial charge in [0.25, 0.3) is 5.56 Å². The maximum atomic E-state index is 12.1. The van der Waals surface area contributed by atoms with E-state index in [2.05, 4.69) is 46.8 Å². The highest BCUT2D eigenvalue weighted by Crippen LogP contribution is 2.26. The highest BCUT2D eigenvalue weighted by atomic mass is 79.9. The third-order valence-corrected chi connectivity index (χ3v) is 4.26. The van der Waals surface area contributed by atoms with Crippen molar-refractivity contribution in [2.45, 2.75) is 0 Å². The normalized spacial score (nSPS) is 11.1. The molecule has 7 nitrogen and oxygen atoms in total. The molecule has 0 radical (unpaired) electrons. The molecule has 0 aliphatic carbocycles. The molecule has 0 fully saturated rings. The number of aromatic nitrogens is 3. The average molecular weight is 466 g/mol. The average Bonchev–Trinajstić information content (AvgIpc) is 2.57. The third kappa shape index (κ3) is 3.62. The summed E-state index contributed by atoms with van der Waals surface area (Å²) >= 11 is 6.59. The molecule has 2 heterocycles. The minimum atomic E-state index is -0.744. The molecule has 0 atom stereocenters. The second-order valence-corrected chi connectivity index (χ2v) is 6.65. The van der Waals surface area contributed by atoms with Gasteiger partial charge in [0.1, 0.15) is 5.56 Å². The molecule has 3 rings (SSSR count). The maximum absolute atomic E-state index is 12.1. The number of aliphatic imine (C=N–C) groups is 1. The van der Waals surface area contributed by atoms with E-state index in [1.54, 1.807) is 42.6 Å². The number of H-pyrrole nitrogens is 1. The molecule has 0 spiro atoms. The summed E-state index contributed by atoms with van der Waals surface area (Å²) in [4.78, 5) is 34.5. The van der Waals surface area contributed by atoms with Crippen LogP contribution in [0.15, 0.2) is 66.1 Å². The Balaban J connectivity index is 2.12. The van der Waals surface area contributed by atoms with Crippen molar-refractivity contribution in [3.8, 4) is 11.6 Å². The summed E-state index contributed by atoms with van der Waals surface area (Å²) in [5.41, 5.74) is -1.22. The van der Waals surface area contributed by atoms with Crippen molar-refractivity contribution >= 4 is 43.9 Å². The number of hydrogen-bond acceptors (Lipinski definition) is 5. The van der Waals surface area contributed by atoms with Crippen LogP contribution in [0, 0.1) is 0 Å². The van der Waals surface area contributed by atoms with E-state index in [0.29, 0.717) is 16.0 Å². The number of aromatic hydroxyl groups is 1. The van der Waals surface area contributed by atoms with Crippen LogP contribution in [-0.4, -0.2) is 25.9 Å². The van der Waals surface area contributed by atoms with E-state index in [4.69, 9.17) is 0 Å². The minimum Gasteiger partial charge on any atom is -0.493 e. The summed E-state index contributed by atoms with van der Waals surface area (Å²) < 4.78 is 2.36. The smallest absolute Gasteiger partial charge is 0.335 e. The standard InChI is InChI=1S/C16H10Br2N4O3/c17-9-6-12(18)13(19-7-9)20-8-11-14(23)21-16(25)22(15(11)24)10-4-2-1-3-5-10/h1-8,24H,(H,21,23,25). The lowest BCUT2D eigenvalue weighted by Crippen LogP contribution is -2.31. The van der Waals surface area contributed by atoms with Gasteiger partial charge in [-0.2, -0.15) is 0 Å². The van der Waals surface area contributed by atoms with Crippen LogP contribution in [0.1, 0.15) is 5.56 Å². The van der Waals surface area contributed by atoms with Crippen LogP contribution in [0.25, 0.3) is 5.69 Å². The summed E-state index contributed by atoms with van der Waals surface area (Å²) in [5, 5.41) is 10.4. The first-order valence-electron chi connectivity index (χ1n) is 6.96. The Bertz CT molecular complexity index is 1070. The molecule has 9 heteroatoms. The quantitative estimate of drug-likeness (QED) is 0.580. The first-order valence-corrected chi connectivity index (χ1v) is 8.55. The molecule has 0 saturated heterocycles. The van der Waals surface area contributed by atoms with E-state index < -0.39 is 17.1 Å². The topological polar surface area (TPSA) is 100 Å². The zero-order chi connectivity index (χ0) is 18.0. The van der Waals surface area contributed by atoms with Crippen molar-refractivity contribution in [2.75, 3.05) is 0 Å². The molecule has 1 aromatic carbocycles. The molecule has 3 aromatic rings. The second kappa shape index (κ2) is 7.16. The Morgan fingerprint density at radius 1 is 1.20 bits per heavy atom. The van der Waals surface area contributed by atoms with Gasteiger partial charge in [-0.05, 0) is 50.1 Å². The largest absolute Gasteiger partial charge is 0.493 e. The lowest BCUT2D eigenvalue weighted by Gasteiger charge is -2.09. The summed E-state index contributed by atoms with van der Waals surface area (Å²) in [6.07, 6.45) is 2.71. The van der Waals surface area contributed by atoms with Gasteiger partial charge in [0.2, 0.25) is 5.88 Å². The van der Waals surface area contributed by atoms with Crippen LogP contribution < -0.4 is 11.2 Å². The summed E-state index contributed by atoms with van der Waals surface area (Å²) in [7, 11) is 0.